The molecule has 0 fully saturated rings. The van der Waals surface area contributed by atoms with E-state index in [4.69, 9.17) is 11.6 Å². The van der Waals surface area contributed by atoms with Crippen LogP contribution in [0.3, 0.4) is 0 Å². The number of alkyl halides is 1. The van der Waals surface area contributed by atoms with E-state index in [2.05, 4.69) is 10.6 Å². The van der Waals surface area contributed by atoms with Crippen molar-refractivity contribution in [3.8, 4) is 0 Å². The molecule has 0 rings (SSSR count). The fraction of sp³-hybridized carbons (Fsp3) is 1.00. The molecule has 0 spiro atoms. The quantitative estimate of drug-likeness (QED) is 0.344. The Kier molecular flexibility index (Phi) is 6.48. The Bertz CT molecular complexity index is 59.0. The van der Waals surface area contributed by atoms with Crippen LogP contribution in [-0.2, 0) is 0 Å². The van der Waals surface area contributed by atoms with Crippen LogP contribution in [-0.4, -0.2) is 26.1 Å². The van der Waals surface area contributed by atoms with Gasteiger partial charge in [-0.25, -0.2) is 0 Å². The summed E-state index contributed by atoms with van der Waals surface area (Å²) in [6.07, 6.45) is 2.16. The molecular formula is C6H15ClN2. The molecule has 0 radical (unpaired) electrons. The van der Waals surface area contributed by atoms with Gasteiger partial charge in [0.1, 0.15) is 0 Å². The molecule has 0 aliphatic rings. The Hall–Kier alpha value is 0.210. The summed E-state index contributed by atoms with van der Waals surface area (Å²) < 4.78 is 0. The number of hydrogen-bond donors (Lipinski definition) is 2. The maximum atomic E-state index is 5.76. The molecule has 1 unspecified atom stereocenters. The van der Waals surface area contributed by atoms with Crippen LogP contribution >= 0.6 is 11.6 Å². The smallest absolute Gasteiger partial charge is 0.0823 e. The lowest BCUT2D eigenvalue weighted by atomic mass is 10.3. The summed E-state index contributed by atoms with van der Waals surface area (Å²) in [4.78, 5) is 0. The highest BCUT2D eigenvalue weighted by molar-refractivity contribution is 6.20. The molecule has 9 heavy (non-hydrogen) atoms. The molecule has 0 amide bonds. The van der Waals surface area contributed by atoms with Gasteiger partial charge < -0.3 is 10.6 Å². The molecule has 0 aliphatic heterocycles. The van der Waals surface area contributed by atoms with E-state index in [1.807, 2.05) is 14.1 Å². The third kappa shape index (κ3) is 6.09. The van der Waals surface area contributed by atoms with Gasteiger partial charge in [0.2, 0.25) is 0 Å². The Morgan fingerprint density at radius 1 is 1.44 bits per heavy atom. The van der Waals surface area contributed by atoms with Crippen molar-refractivity contribution < 1.29 is 0 Å². The number of hydrogen-bond acceptors (Lipinski definition) is 2. The molecule has 2 N–H and O–H groups in total. The van der Waals surface area contributed by atoms with Crippen molar-refractivity contribution in [3.05, 3.63) is 0 Å². The summed E-state index contributed by atoms with van der Waals surface area (Å²) in [6, 6.07) is 0. The van der Waals surface area contributed by atoms with Gasteiger partial charge in [-0.3, -0.25) is 0 Å². The summed E-state index contributed by atoms with van der Waals surface area (Å²) in [7, 11) is 3.82. The molecule has 1 atom stereocenters. The molecule has 0 aromatic carbocycles. The van der Waals surface area contributed by atoms with Gasteiger partial charge in [-0.1, -0.05) is 0 Å². The van der Waals surface area contributed by atoms with Crippen LogP contribution in [0.25, 0.3) is 0 Å². The Balaban J connectivity index is 2.88. The first-order valence-electron chi connectivity index (χ1n) is 3.27. The first-order valence-corrected chi connectivity index (χ1v) is 3.71. The lowest BCUT2D eigenvalue weighted by molar-refractivity contribution is 0.608. The molecule has 0 heterocycles. The van der Waals surface area contributed by atoms with E-state index in [0.29, 0.717) is 0 Å². The minimum absolute atomic E-state index is 0.137. The summed E-state index contributed by atoms with van der Waals surface area (Å²) in [5.41, 5.74) is 0.137. The fourth-order valence-electron chi connectivity index (χ4n) is 0.602. The zero-order valence-corrected chi connectivity index (χ0v) is 6.83. The molecule has 0 saturated carbocycles. The maximum Gasteiger partial charge on any atom is 0.0823 e. The van der Waals surface area contributed by atoms with Crippen LogP contribution in [0.1, 0.15) is 12.8 Å². The van der Waals surface area contributed by atoms with E-state index in [0.717, 1.165) is 19.4 Å². The normalized spacial score (nSPS) is 13.7. The first kappa shape index (κ1) is 9.21. The van der Waals surface area contributed by atoms with E-state index in [-0.39, 0.29) is 5.50 Å². The van der Waals surface area contributed by atoms with E-state index in [1.165, 1.54) is 0 Å². The second kappa shape index (κ2) is 6.33. The summed E-state index contributed by atoms with van der Waals surface area (Å²) in [6.45, 7) is 1.05. The average molecular weight is 151 g/mol. The SMILES string of the molecule is CNCCCC(Cl)NC. The Labute approximate surface area is 62.0 Å². The lowest BCUT2D eigenvalue weighted by Crippen LogP contribution is -2.20. The van der Waals surface area contributed by atoms with Gasteiger partial charge in [0, 0.05) is 0 Å². The van der Waals surface area contributed by atoms with Crippen LogP contribution in [0.4, 0.5) is 0 Å². The zero-order valence-electron chi connectivity index (χ0n) is 6.08. The van der Waals surface area contributed by atoms with Crippen LogP contribution in [0.15, 0.2) is 0 Å². The number of halogens is 1. The number of nitrogens with one attached hydrogen (secondary N) is 2. The third-order valence-electron chi connectivity index (χ3n) is 1.20. The second-order valence-electron chi connectivity index (χ2n) is 2.00. The van der Waals surface area contributed by atoms with Gasteiger partial charge in [0.05, 0.1) is 5.50 Å². The highest BCUT2D eigenvalue weighted by atomic mass is 35.5. The molecule has 56 valence electrons. The molecule has 0 aliphatic carbocycles. The maximum absolute atomic E-state index is 5.76. The monoisotopic (exact) mass is 150 g/mol. The van der Waals surface area contributed by atoms with E-state index < -0.39 is 0 Å². The van der Waals surface area contributed by atoms with Crippen molar-refractivity contribution in [1.82, 2.24) is 10.6 Å². The summed E-state index contributed by atoms with van der Waals surface area (Å²) >= 11 is 5.76. The van der Waals surface area contributed by atoms with Crippen molar-refractivity contribution in [3.63, 3.8) is 0 Å². The molecule has 0 aromatic rings. The van der Waals surface area contributed by atoms with Crippen molar-refractivity contribution >= 4 is 11.6 Å². The van der Waals surface area contributed by atoms with Crippen LogP contribution in [0.5, 0.6) is 0 Å². The van der Waals surface area contributed by atoms with Gasteiger partial charge in [0.15, 0.2) is 0 Å². The summed E-state index contributed by atoms with van der Waals surface area (Å²) in [5, 5.41) is 6.02. The van der Waals surface area contributed by atoms with E-state index in [9.17, 15) is 0 Å². The van der Waals surface area contributed by atoms with E-state index >= 15 is 0 Å². The van der Waals surface area contributed by atoms with Crippen molar-refractivity contribution in [2.24, 2.45) is 0 Å². The predicted octanol–water partition coefficient (Wildman–Crippen LogP) is 0.770. The van der Waals surface area contributed by atoms with Gasteiger partial charge in [-0.05, 0) is 33.5 Å². The van der Waals surface area contributed by atoms with Crippen molar-refractivity contribution in [2.75, 3.05) is 20.6 Å². The van der Waals surface area contributed by atoms with Gasteiger partial charge >= 0.3 is 0 Å². The van der Waals surface area contributed by atoms with Crippen LogP contribution in [0, 0.1) is 0 Å². The van der Waals surface area contributed by atoms with Gasteiger partial charge in [-0.15, -0.1) is 11.6 Å². The lowest BCUT2D eigenvalue weighted by Gasteiger charge is -2.05. The Morgan fingerprint density at radius 3 is 2.56 bits per heavy atom. The minimum atomic E-state index is 0.137. The first-order chi connectivity index (χ1) is 4.31. The number of rotatable bonds is 5. The largest absolute Gasteiger partial charge is 0.320 e. The zero-order chi connectivity index (χ0) is 7.11. The molecule has 2 nitrogen and oxygen atoms in total. The minimum Gasteiger partial charge on any atom is -0.320 e. The third-order valence-corrected chi connectivity index (χ3v) is 1.63. The van der Waals surface area contributed by atoms with Crippen LogP contribution in [0.2, 0.25) is 0 Å². The molecule has 3 heteroatoms. The average Bonchev–Trinajstić information content (AvgIpc) is 1.89. The Morgan fingerprint density at radius 2 is 2.11 bits per heavy atom. The topological polar surface area (TPSA) is 24.1 Å². The molecule has 0 bridgehead atoms. The van der Waals surface area contributed by atoms with Gasteiger partial charge in [0.25, 0.3) is 0 Å². The predicted molar refractivity (Wildman–Crippen MR) is 41.9 cm³/mol. The second-order valence-corrected chi connectivity index (χ2v) is 2.53. The fourth-order valence-corrected chi connectivity index (χ4v) is 0.757. The van der Waals surface area contributed by atoms with Crippen LogP contribution < -0.4 is 10.6 Å². The molecule has 0 aromatic heterocycles. The highest BCUT2D eigenvalue weighted by Gasteiger charge is 1.97. The van der Waals surface area contributed by atoms with Crippen molar-refractivity contribution in [1.29, 1.82) is 0 Å². The van der Waals surface area contributed by atoms with Crippen molar-refractivity contribution in [2.45, 2.75) is 18.3 Å². The standard InChI is InChI=1S/C6H15ClN2/c1-8-5-3-4-6(7)9-2/h6,8-9H,3-5H2,1-2H3. The summed E-state index contributed by atoms with van der Waals surface area (Å²) in [5.74, 6) is 0. The highest BCUT2D eigenvalue weighted by Crippen LogP contribution is 1.98. The molecule has 0 saturated heterocycles. The molecular weight excluding hydrogens is 136 g/mol. The van der Waals surface area contributed by atoms with E-state index in [1.54, 1.807) is 0 Å². The van der Waals surface area contributed by atoms with Gasteiger partial charge in [-0.2, -0.15) is 0 Å².